The van der Waals surface area contributed by atoms with E-state index < -0.39 is 5.60 Å². The number of rotatable bonds is 7. The Balaban J connectivity index is 1.78. The van der Waals surface area contributed by atoms with Crippen LogP contribution in [0.2, 0.25) is 0 Å². The summed E-state index contributed by atoms with van der Waals surface area (Å²) in [5.41, 5.74) is 2.14. The molecule has 0 unspecified atom stereocenters. The molecule has 0 aliphatic carbocycles. The summed E-state index contributed by atoms with van der Waals surface area (Å²) < 4.78 is 6.96. The first kappa shape index (κ1) is 23.8. The average Bonchev–Trinajstić information content (AvgIpc) is 3.00. The highest BCUT2D eigenvalue weighted by molar-refractivity contribution is 9.10. The van der Waals surface area contributed by atoms with E-state index in [1.54, 1.807) is 26.0 Å². The van der Waals surface area contributed by atoms with Gasteiger partial charge in [-0.05, 0) is 75.6 Å². The lowest BCUT2D eigenvalue weighted by molar-refractivity contribution is -0.134. The Kier molecular flexibility index (Phi) is 6.93. The zero-order valence-electron chi connectivity index (χ0n) is 19.0. The Morgan fingerprint density at radius 2 is 1.72 bits per heavy atom. The van der Waals surface area contributed by atoms with Crippen molar-refractivity contribution in [1.29, 1.82) is 0 Å². The third kappa shape index (κ3) is 4.96. The lowest BCUT2D eigenvalue weighted by atomic mass is 10.0. The molecule has 8 heteroatoms. The number of imide groups is 1. The number of benzene rings is 2. The topological polar surface area (TPSA) is 79.0 Å². The van der Waals surface area contributed by atoms with Crippen LogP contribution < -0.4 is 15.0 Å². The zero-order valence-corrected chi connectivity index (χ0v) is 20.6. The van der Waals surface area contributed by atoms with E-state index in [0.717, 1.165) is 21.2 Å². The molecular formula is C24H28BrN3O4. The first-order valence-electron chi connectivity index (χ1n) is 10.5. The summed E-state index contributed by atoms with van der Waals surface area (Å²) >= 11 is 3.38. The fourth-order valence-electron chi connectivity index (χ4n) is 3.67. The quantitative estimate of drug-likeness (QED) is 0.572. The highest BCUT2D eigenvalue weighted by Crippen LogP contribution is 2.30. The third-order valence-electron chi connectivity index (χ3n) is 5.30. The van der Waals surface area contributed by atoms with Crippen molar-refractivity contribution in [1.82, 2.24) is 10.2 Å². The van der Waals surface area contributed by atoms with Gasteiger partial charge in [0.05, 0.1) is 6.54 Å². The lowest BCUT2D eigenvalue weighted by Crippen LogP contribution is -2.46. The average molecular weight is 502 g/mol. The summed E-state index contributed by atoms with van der Waals surface area (Å²) in [6.45, 7) is 9.80. The number of nitrogens with one attached hydrogen (secondary N) is 1. The van der Waals surface area contributed by atoms with Crippen molar-refractivity contribution in [3.05, 3.63) is 57.6 Å². The van der Waals surface area contributed by atoms with Crippen molar-refractivity contribution < 1.29 is 19.1 Å². The molecule has 3 rings (SSSR count). The van der Waals surface area contributed by atoms with E-state index in [1.807, 2.05) is 45.0 Å². The maximum absolute atomic E-state index is 12.9. The Bertz CT molecular complexity index is 1030. The molecule has 0 bridgehead atoms. The van der Waals surface area contributed by atoms with Crippen LogP contribution in [0.3, 0.4) is 0 Å². The molecule has 1 heterocycles. The lowest BCUT2D eigenvalue weighted by Gasteiger charge is -2.27. The second kappa shape index (κ2) is 9.32. The second-order valence-electron chi connectivity index (χ2n) is 8.36. The number of halogens is 1. The minimum Gasteiger partial charge on any atom is -0.477 e. The minimum atomic E-state index is -1.03. The number of ether oxygens (including phenoxy) is 1. The number of hydrogen-bond donors (Lipinski definition) is 1. The van der Waals surface area contributed by atoms with Gasteiger partial charge in [0.2, 0.25) is 0 Å². The molecule has 0 aromatic heterocycles. The largest absolute Gasteiger partial charge is 0.477 e. The van der Waals surface area contributed by atoms with E-state index >= 15 is 0 Å². The van der Waals surface area contributed by atoms with Gasteiger partial charge in [0.1, 0.15) is 12.3 Å². The Morgan fingerprint density at radius 3 is 2.28 bits per heavy atom. The number of carbonyl (C=O) groups excluding carboxylic acids is 3. The molecule has 7 nitrogen and oxygen atoms in total. The van der Waals surface area contributed by atoms with Crippen molar-refractivity contribution in [3.8, 4) is 5.75 Å². The summed E-state index contributed by atoms with van der Waals surface area (Å²) in [5.74, 6) is 0.190. The van der Waals surface area contributed by atoms with Crippen LogP contribution in [0.15, 0.2) is 40.9 Å². The molecule has 0 radical (unpaired) electrons. The number of hydrogen-bond acceptors (Lipinski definition) is 4. The van der Waals surface area contributed by atoms with Crippen LogP contribution in [0.4, 0.5) is 10.5 Å². The molecule has 1 aliphatic heterocycles. The van der Waals surface area contributed by atoms with Crippen molar-refractivity contribution in [2.75, 3.05) is 18.0 Å². The van der Waals surface area contributed by atoms with Gasteiger partial charge in [-0.25, -0.2) is 4.79 Å². The van der Waals surface area contributed by atoms with Crippen LogP contribution >= 0.6 is 15.9 Å². The van der Waals surface area contributed by atoms with Crippen LogP contribution in [0.25, 0.3) is 0 Å². The van der Waals surface area contributed by atoms with Crippen molar-refractivity contribution >= 4 is 39.5 Å². The molecule has 32 heavy (non-hydrogen) atoms. The van der Waals surface area contributed by atoms with Gasteiger partial charge in [0.25, 0.3) is 11.8 Å². The predicted octanol–water partition coefficient (Wildman–Crippen LogP) is 4.33. The van der Waals surface area contributed by atoms with Gasteiger partial charge in [0, 0.05) is 16.7 Å². The van der Waals surface area contributed by atoms with Crippen LogP contribution in [0.1, 0.15) is 37.5 Å². The summed E-state index contributed by atoms with van der Waals surface area (Å²) in [6, 6.07) is 10.7. The molecule has 2 aromatic carbocycles. The fraction of sp³-hybridized carbons (Fsp3) is 0.375. The number of aryl methyl sites for hydroxylation is 2. The maximum Gasteiger partial charge on any atom is 0.332 e. The van der Waals surface area contributed by atoms with Crippen molar-refractivity contribution in [2.24, 2.45) is 0 Å². The number of carbonyl (C=O) groups is 3. The maximum atomic E-state index is 12.9. The van der Waals surface area contributed by atoms with Crippen LogP contribution in [0.5, 0.6) is 5.75 Å². The van der Waals surface area contributed by atoms with Gasteiger partial charge in [-0.3, -0.25) is 19.4 Å². The van der Waals surface area contributed by atoms with Gasteiger partial charge in [-0.2, -0.15) is 0 Å². The summed E-state index contributed by atoms with van der Waals surface area (Å²) in [4.78, 5) is 40.5. The molecule has 4 amide bonds. The smallest absolute Gasteiger partial charge is 0.332 e. The minimum absolute atomic E-state index is 0.0142. The number of likely N-dealkylation sites (N-methyl/N-ethyl adjacent to an activating group) is 1. The predicted molar refractivity (Wildman–Crippen MR) is 127 cm³/mol. The molecule has 170 valence electrons. The summed E-state index contributed by atoms with van der Waals surface area (Å²) in [5, 5.41) is 2.78. The Hall–Kier alpha value is -2.87. The molecular weight excluding hydrogens is 474 g/mol. The first-order valence-corrected chi connectivity index (χ1v) is 11.3. The molecule has 0 saturated carbocycles. The van der Waals surface area contributed by atoms with Crippen LogP contribution in [-0.2, 0) is 16.1 Å². The third-order valence-corrected chi connectivity index (χ3v) is 5.83. The van der Waals surface area contributed by atoms with E-state index in [9.17, 15) is 14.4 Å². The number of nitrogens with zero attached hydrogens (tertiary/aromatic N) is 2. The monoisotopic (exact) mass is 501 g/mol. The molecule has 1 N–H and O–H groups in total. The van der Waals surface area contributed by atoms with Crippen LogP contribution in [0, 0.1) is 13.8 Å². The van der Waals surface area contributed by atoms with Gasteiger partial charge >= 0.3 is 6.03 Å². The second-order valence-corrected chi connectivity index (χ2v) is 9.27. The van der Waals surface area contributed by atoms with Gasteiger partial charge in [0.15, 0.2) is 5.60 Å². The van der Waals surface area contributed by atoms with Gasteiger partial charge < -0.3 is 10.1 Å². The van der Waals surface area contributed by atoms with E-state index in [-0.39, 0.29) is 30.9 Å². The zero-order chi connectivity index (χ0) is 23.6. The summed E-state index contributed by atoms with van der Waals surface area (Å²) in [7, 11) is 0. The highest BCUT2D eigenvalue weighted by atomic mass is 79.9. The van der Waals surface area contributed by atoms with Crippen LogP contribution in [-0.4, -0.2) is 41.4 Å². The molecule has 1 aliphatic rings. The molecule has 0 spiro atoms. The molecule has 1 fully saturated rings. The van der Waals surface area contributed by atoms with Gasteiger partial charge in [-0.1, -0.05) is 28.1 Å². The van der Waals surface area contributed by atoms with E-state index in [1.165, 1.54) is 9.80 Å². The standard InChI is InChI=1S/C24H28BrN3O4/c1-6-26-22(30)24(4,5)32-21-15(2)11-17(12-16(21)3)13-28-20(29)14-27(23(28)31)19-9-7-18(25)8-10-19/h7-12H,6,13-14H2,1-5H3,(H,26,30). The van der Waals surface area contributed by atoms with Gasteiger partial charge in [-0.15, -0.1) is 0 Å². The fourth-order valence-corrected chi connectivity index (χ4v) is 3.93. The Morgan fingerprint density at radius 1 is 1.12 bits per heavy atom. The molecule has 1 saturated heterocycles. The SMILES string of the molecule is CCNC(=O)C(C)(C)Oc1c(C)cc(CN2C(=O)CN(c3ccc(Br)cc3)C2=O)cc1C. The van der Waals surface area contributed by atoms with E-state index in [4.69, 9.17) is 4.74 Å². The van der Waals surface area contributed by atoms with Crippen molar-refractivity contribution in [2.45, 2.75) is 46.8 Å². The molecule has 0 atom stereocenters. The van der Waals surface area contributed by atoms with E-state index in [0.29, 0.717) is 18.0 Å². The molecule has 2 aromatic rings. The summed E-state index contributed by atoms with van der Waals surface area (Å²) in [6.07, 6.45) is 0. The highest BCUT2D eigenvalue weighted by Gasteiger charge is 2.37. The number of urea groups is 1. The Labute approximate surface area is 196 Å². The van der Waals surface area contributed by atoms with Crippen molar-refractivity contribution in [3.63, 3.8) is 0 Å². The number of anilines is 1. The van der Waals surface area contributed by atoms with E-state index in [2.05, 4.69) is 21.2 Å². The normalized spacial score (nSPS) is 14.2. The number of amides is 4. The first-order chi connectivity index (χ1) is 15.0.